The average molecular weight is 225 g/mol. The third-order valence-corrected chi connectivity index (χ3v) is 2.64. The number of hydrogen-bond acceptors (Lipinski definition) is 3. The summed E-state index contributed by atoms with van der Waals surface area (Å²) in [5.74, 6) is 0. The second kappa shape index (κ2) is 6.66. The molecule has 0 saturated carbocycles. The van der Waals surface area contributed by atoms with Crippen LogP contribution in [0.3, 0.4) is 0 Å². The van der Waals surface area contributed by atoms with Crippen LogP contribution in [0.5, 0.6) is 0 Å². The molecular weight excluding hydrogens is 202 g/mol. The van der Waals surface area contributed by atoms with E-state index < -0.39 is 0 Å². The van der Waals surface area contributed by atoms with Crippen molar-refractivity contribution in [2.45, 2.75) is 46.4 Å². The van der Waals surface area contributed by atoms with Crippen LogP contribution in [0.15, 0.2) is 6.20 Å². The van der Waals surface area contributed by atoms with Crippen molar-refractivity contribution >= 4 is 0 Å². The highest BCUT2D eigenvalue weighted by molar-refractivity contribution is 5.15. The Balaban J connectivity index is 2.52. The number of hydrogen-bond donors (Lipinski definition) is 1. The maximum Gasteiger partial charge on any atom is 0.0739 e. The van der Waals surface area contributed by atoms with E-state index in [2.05, 4.69) is 30.5 Å². The van der Waals surface area contributed by atoms with Gasteiger partial charge in [0.2, 0.25) is 0 Å². The fraction of sp³-hybridized carbons (Fsp3) is 0.750. The first kappa shape index (κ1) is 13.2. The minimum absolute atomic E-state index is 0.204. The molecule has 1 unspecified atom stereocenters. The van der Waals surface area contributed by atoms with Crippen LogP contribution >= 0.6 is 0 Å². The van der Waals surface area contributed by atoms with Gasteiger partial charge in [-0.3, -0.25) is 4.68 Å². The number of aryl methyl sites for hydroxylation is 1. The minimum Gasteiger partial charge on any atom is -0.380 e. The molecule has 1 aromatic heterocycles. The molecule has 0 aliphatic heterocycles. The molecule has 0 spiro atoms. The van der Waals surface area contributed by atoms with Gasteiger partial charge in [0.25, 0.3) is 0 Å². The van der Waals surface area contributed by atoms with Gasteiger partial charge >= 0.3 is 0 Å². The lowest BCUT2D eigenvalue weighted by Gasteiger charge is -2.08. The first-order chi connectivity index (χ1) is 7.67. The highest BCUT2D eigenvalue weighted by Crippen LogP contribution is 2.06. The van der Waals surface area contributed by atoms with Crippen molar-refractivity contribution in [2.24, 2.45) is 0 Å². The summed E-state index contributed by atoms with van der Waals surface area (Å²) in [5.41, 5.74) is 2.38. The van der Waals surface area contributed by atoms with Crippen LogP contribution in [0.2, 0.25) is 0 Å². The van der Waals surface area contributed by atoms with Crippen molar-refractivity contribution in [2.75, 3.05) is 13.7 Å². The Morgan fingerprint density at radius 2 is 2.31 bits per heavy atom. The molecule has 0 saturated heterocycles. The first-order valence-corrected chi connectivity index (χ1v) is 5.93. The van der Waals surface area contributed by atoms with Crippen LogP contribution in [-0.4, -0.2) is 29.5 Å². The monoisotopic (exact) mass is 225 g/mol. The van der Waals surface area contributed by atoms with E-state index in [0.717, 1.165) is 31.7 Å². The topological polar surface area (TPSA) is 39.1 Å². The van der Waals surface area contributed by atoms with E-state index in [1.807, 2.05) is 11.6 Å². The van der Waals surface area contributed by atoms with Crippen LogP contribution in [0.4, 0.5) is 0 Å². The molecule has 1 aromatic rings. The number of methoxy groups -OCH3 is 1. The van der Waals surface area contributed by atoms with E-state index >= 15 is 0 Å². The van der Waals surface area contributed by atoms with Gasteiger partial charge in [-0.15, -0.1) is 0 Å². The summed E-state index contributed by atoms with van der Waals surface area (Å²) in [6.45, 7) is 9.04. The van der Waals surface area contributed by atoms with Gasteiger partial charge in [0.05, 0.1) is 18.3 Å². The third kappa shape index (κ3) is 3.94. The van der Waals surface area contributed by atoms with Crippen LogP contribution < -0.4 is 5.32 Å². The van der Waals surface area contributed by atoms with Gasteiger partial charge in [0.15, 0.2) is 0 Å². The molecule has 0 aromatic carbocycles. The largest absolute Gasteiger partial charge is 0.380 e. The van der Waals surface area contributed by atoms with Gasteiger partial charge < -0.3 is 10.1 Å². The summed E-state index contributed by atoms with van der Waals surface area (Å²) in [6.07, 6.45) is 3.47. The summed E-state index contributed by atoms with van der Waals surface area (Å²) >= 11 is 0. The molecule has 0 aliphatic carbocycles. The second-order valence-electron chi connectivity index (χ2n) is 4.18. The van der Waals surface area contributed by atoms with Crippen molar-refractivity contribution in [3.8, 4) is 0 Å². The molecule has 1 rings (SSSR count). The van der Waals surface area contributed by atoms with Gasteiger partial charge in [-0.2, -0.15) is 5.10 Å². The molecule has 1 heterocycles. The van der Waals surface area contributed by atoms with E-state index in [9.17, 15) is 0 Å². The Kier molecular flexibility index (Phi) is 5.49. The quantitative estimate of drug-likeness (QED) is 0.718. The van der Waals surface area contributed by atoms with Gasteiger partial charge in [-0.25, -0.2) is 0 Å². The predicted octanol–water partition coefficient (Wildman–Crippen LogP) is 1.73. The molecule has 4 heteroatoms. The number of nitrogens with zero attached hydrogens (tertiary/aromatic N) is 2. The summed E-state index contributed by atoms with van der Waals surface area (Å²) in [7, 11) is 1.73. The molecule has 0 radical (unpaired) electrons. The highest BCUT2D eigenvalue weighted by atomic mass is 16.5. The molecule has 1 atom stereocenters. The summed E-state index contributed by atoms with van der Waals surface area (Å²) in [6, 6.07) is 0. The van der Waals surface area contributed by atoms with E-state index in [0.29, 0.717) is 0 Å². The molecule has 4 nitrogen and oxygen atoms in total. The maximum absolute atomic E-state index is 5.23. The molecular formula is C12H23N3O. The standard InChI is InChI=1S/C12H23N3O/c1-5-6-13-7-12-9-15(14-11(12)3)8-10(2)16-4/h9-10,13H,5-8H2,1-4H3. The molecule has 16 heavy (non-hydrogen) atoms. The highest BCUT2D eigenvalue weighted by Gasteiger charge is 2.06. The van der Waals surface area contributed by atoms with Gasteiger partial charge in [0, 0.05) is 25.4 Å². The second-order valence-corrected chi connectivity index (χ2v) is 4.18. The van der Waals surface area contributed by atoms with Crippen LogP contribution in [0.1, 0.15) is 31.5 Å². The lowest BCUT2D eigenvalue weighted by molar-refractivity contribution is 0.0997. The Bertz CT molecular complexity index is 309. The fourth-order valence-corrected chi connectivity index (χ4v) is 1.56. The fourth-order valence-electron chi connectivity index (χ4n) is 1.56. The first-order valence-electron chi connectivity index (χ1n) is 5.93. The number of aromatic nitrogens is 2. The molecule has 0 bridgehead atoms. The van der Waals surface area contributed by atoms with Crippen molar-refractivity contribution in [1.82, 2.24) is 15.1 Å². The number of nitrogens with one attached hydrogen (secondary N) is 1. The van der Waals surface area contributed by atoms with Crippen LogP contribution in [0.25, 0.3) is 0 Å². The van der Waals surface area contributed by atoms with Crippen molar-refractivity contribution in [3.05, 3.63) is 17.5 Å². The zero-order chi connectivity index (χ0) is 12.0. The van der Waals surface area contributed by atoms with Gasteiger partial charge in [-0.1, -0.05) is 6.92 Å². The third-order valence-electron chi connectivity index (χ3n) is 2.64. The number of ether oxygens (including phenoxy) is 1. The summed E-state index contributed by atoms with van der Waals surface area (Å²) in [5, 5.41) is 7.86. The zero-order valence-corrected chi connectivity index (χ0v) is 10.8. The van der Waals surface area contributed by atoms with Crippen LogP contribution in [0, 0.1) is 6.92 Å². The smallest absolute Gasteiger partial charge is 0.0739 e. The molecule has 1 N–H and O–H groups in total. The SMILES string of the molecule is CCCNCc1cn(CC(C)OC)nc1C. The summed E-state index contributed by atoms with van der Waals surface area (Å²) in [4.78, 5) is 0. The predicted molar refractivity (Wildman–Crippen MR) is 65.4 cm³/mol. The zero-order valence-electron chi connectivity index (χ0n) is 10.8. The van der Waals surface area contributed by atoms with E-state index in [4.69, 9.17) is 4.74 Å². The average Bonchev–Trinajstić information content (AvgIpc) is 2.59. The van der Waals surface area contributed by atoms with E-state index in [1.165, 1.54) is 5.56 Å². The van der Waals surface area contributed by atoms with Gasteiger partial charge in [-0.05, 0) is 26.8 Å². The number of rotatable bonds is 7. The molecule has 92 valence electrons. The Morgan fingerprint density at radius 3 is 2.94 bits per heavy atom. The van der Waals surface area contributed by atoms with Crippen LogP contribution in [-0.2, 0) is 17.8 Å². The van der Waals surface area contributed by atoms with E-state index in [1.54, 1.807) is 7.11 Å². The Hall–Kier alpha value is -0.870. The maximum atomic E-state index is 5.23. The van der Waals surface area contributed by atoms with Crippen molar-refractivity contribution in [3.63, 3.8) is 0 Å². The minimum atomic E-state index is 0.204. The van der Waals surface area contributed by atoms with Gasteiger partial charge in [0.1, 0.15) is 0 Å². The Morgan fingerprint density at radius 1 is 1.56 bits per heavy atom. The van der Waals surface area contributed by atoms with E-state index in [-0.39, 0.29) is 6.10 Å². The normalized spacial score (nSPS) is 13.0. The molecule has 0 aliphatic rings. The lowest BCUT2D eigenvalue weighted by atomic mass is 10.2. The Labute approximate surface area is 98.0 Å². The van der Waals surface area contributed by atoms with Crippen molar-refractivity contribution in [1.29, 1.82) is 0 Å². The lowest BCUT2D eigenvalue weighted by Crippen LogP contribution is -2.15. The summed E-state index contributed by atoms with van der Waals surface area (Å²) < 4.78 is 7.19. The molecule has 0 amide bonds. The molecule has 0 fully saturated rings. The van der Waals surface area contributed by atoms with Crippen molar-refractivity contribution < 1.29 is 4.74 Å².